The van der Waals surface area contributed by atoms with Gasteiger partial charge in [0.15, 0.2) is 5.78 Å². The van der Waals surface area contributed by atoms with E-state index in [1.165, 1.54) is 5.56 Å². The maximum atomic E-state index is 13.4. The highest BCUT2D eigenvalue weighted by Crippen LogP contribution is 2.48. The first-order valence-electron chi connectivity index (χ1n) is 8.88. The van der Waals surface area contributed by atoms with Gasteiger partial charge in [0.05, 0.1) is 5.41 Å². The molecule has 1 fully saturated rings. The summed E-state index contributed by atoms with van der Waals surface area (Å²) in [6.45, 7) is 8.67. The Labute approximate surface area is 150 Å². The van der Waals surface area contributed by atoms with Gasteiger partial charge < -0.3 is 5.73 Å². The van der Waals surface area contributed by atoms with Gasteiger partial charge in [-0.3, -0.25) is 4.79 Å². The summed E-state index contributed by atoms with van der Waals surface area (Å²) in [5.74, 6) is 0.243. The number of carbonyl (C=O) groups excluding carboxylic acids is 1. The van der Waals surface area contributed by atoms with Crippen molar-refractivity contribution in [3.63, 3.8) is 0 Å². The van der Waals surface area contributed by atoms with Crippen LogP contribution in [0.1, 0.15) is 50.3 Å². The van der Waals surface area contributed by atoms with Crippen molar-refractivity contribution in [1.82, 2.24) is 0 Å². The first-order valence-corrected chi connectivity index (χ1v) is 8.88. The van der Waals surface area contributed by atoms with Gasteiger partial charge in [-0.15, -0.1) is 0 Å². The van der Waals surface area contributed by atoms with Crippen molar-refractivity contribution in [3.05, 3.63) is 70.8 Å². The normalized spacial score (nSPS) is 24.5. The Bertz CT molecular complexity index is 812. The fourth-order valence-electron chi connectivity index (χ4n) is 4.11. The summed E-state index contributed by atoms with van der Waals surface area (Å²) in [4.78, 5) is 13.4. The summed E-state index contributed by atoms with van der Waals surface area (Å²) in [5, 5.41) is 0. The standard InChI is InChI=1S/C23H27NO/c1-16-5-9-19(10-6-16)23(4)15-22(2,3)14-18(21(23)25)13-17-7-11-20(24)12-8-17/h5-13H,14-15,24H2,1-4H3. The number of nitrogen functional groups attached to an aromatic ring is 1. The molecule has 0 amide bonds. The molecule has 25 heavy (non-hydrogen) atoms. The molecule has 0 aliphatic heterocycles. The molecule has 3 rings (SSSR count). The SMILES string of the molecule is Cc1ccc(C2(C)CC(C)(C)CC(=Cc3ccc(N)cc3)C2=O)cc1. The number of hydrogen-bond donors (Lipinski definition) is 1. The molecule has 0 saturated heterocycles. The van der Waals surface area contributed by atoms with Crippen LogP contribution in [-0.4, -0.2) is 5.78 Å². The lowest BCUT2D eigenvalue weighted by atomic mass is 9.59. The van der Waals surface area contributed by atoms with Crippen LogP contribution in [-0.2, 0) is 10.2 Å². The van der Waals surface area contributed by atoms with Crippen LogP contribution >= 0.6 is 0 Å². The minimum absolute atomic E-state index is 0.0766. The van der Waals surface area contributed by atoms with Crippen molar-refractivity contribution in [1.29, 1.82) is 0 Å². The Morgan fingerprint density at radius 2 is 1.56 bits per heavy atom. The molecule has 2 aromatic carbocycles. The highest BCUT2D eigenvalue weighted by molar-refractivity contribution is 6.07. The van der Waals surface area contributed by atoms with Crippen LogP contribution in [0.5, 0.6) is 0 Å². The summed E-state index contributed by atoms with van der Waals surface area (Å²) in [6, 6.07) is 16.1. The first-order chi connectivity index (χ1) is 11.7. The van der Waals surface area contributed by atoms with Crippen LogP contribution < -0.4 is 5.73 Å². The van der Waals surface area contributed by atoms with Gasteiger partial charge in [-0.2, -0.15) is 0 Å². The summed E-state index contributed by atoms with van der Waals surface area (Å²) < 4.78 is 0. The number of ketones is 1. The van der Waals surface area contributed by atoms with Gasteiger partial charge in [-0.1, -0.05) is 55.8 Å². The molecule has 130 valence electrons. The van der Waals surface area contributed by atoms with Gasteiger partial charge in [0.2, 0.25) is 0 Å². The average Bonchev–Trinajstić information content (AvgIpc) is 2.54. The number of benzene rings is 2. The molecule has 2 heteroatoms. The second-order valence-electron chi connectivity index (χ2n) is 8.38. The zero-order chi connectivity index (χ0) is 18.2. The van der Waals surface area contributed by atoms with Gasteiger partial charge in [0, 0.05) is 5.69 Å². The molecule has 0 aromatic heterocycles. The third-order valence-electron chi connectivity index (χ3n) is 5.26. The fourth-order valence-corrected chi connectivity index (χ4v) is 4.11. The number of Topliss-reactive ketones (excluding diaryl/α,β-unsaturated/α-hetero) is 1. The highest BCUT2D eigenvalue weighted by Gasteiger charge is 2.46. The molecule has 0 heterocycles. The number of carbonyl (C=O) groups is 1. The smallest absolute Gasteiger partial charge is 0.169 e. The summed E-state index contributed by atoms with van der Waals surface area (Å²) in [5.41, 5.74) is 10.4. The minimum atomic E-state index is -0.477. The van der Waals surface area contributed by atoms with Crippen molar-refractivity contribution < 1.29 is 4.79 Å². The van der Waals surface area contributed by atoms with Crippen molar-refractivity contribution in [2.45, 2.75) is 46.0 Å². The molecule has 1 aliphatic rings. The van der Waals surface area contributed by atoms with Crippen molar-refractivity contribution >= 4 is 17.5 Å². The predicted molar refractivity (Wildman–Crippen MR) is 105 cm³/mol. The van der Waals surface area contributed by atoms with Gasteiger partial charge in [0.25, 0.3) is 0 Å². The number of nitrogens with two attached hydrogens (primary N) is 1. The fraction of sp³-hybridized carbons (Fsp3) is 0.348. The van der Waals surface area contributed by atoms with E-state index in [1.54, 1.807) is 0 Å². The Hall–Kier alpha value is -2.35. The molecule has 1 saturated carbocycles. The van der Waals surface area contributed by atoms with E-state index in [0.29, 0.717) is 0 Å². The van der Waals surface area contributed by atoms with E-state index in [-0.39, 0.29) is 11.2 Å². The first kappa shape index (κ1) is 17.5. The molecular weight excluding hydrogens is 306 g/mol. The van der Waals surface area contributed by atoms with Crippen LogP contribution in [0.15, 0.2) is 54.1 Å². The zero-order valence-corrected chi connectivity index (χ0v) is 15.6. The quantitative estimate of drug-likeness (QED) is 0.598. The number of aryl methyl sites for hydroxylation is 1. The monoisotopic (exact) mass is 333 g/mol. The third-order valence-corrected chi connectivity index (χ3v) is 5.26. The highest BCUT2D eigenvalue weighted by atomic mass is 16.1. The van der Waals surface area contributed by atoms with E-state index in [9.17, 15) is 4.79 Å². The van der Waals surface area contributed by atoms with E-state index < -0.39 is 5.41 Å². The topological polar surface area (TPSA) is 43.1 Å². The van der Waals surface area contributed by atoms with E-state index in [2.05, 4.69) is 52.0 Å². The average molecular weight is 333 g/mol. The largest absolute Gasteiger partial charge is 0.399 e. The molecule has 1 aliphatic carbocycles. The van der Waals surface area contributed by atoms with Gasteiger partial charge in [-0.25, -0.2) is 0 Å². The molecular formula is C23H27NO. The van der Waals surface area contributed by atoms with Crippen molar-refractivity contribution in [3.8, 4) is 0 Å². The van der Waals surface area contributed by atoms with Crippen molar-refractivity contribution in [2.24, 2.45) is 5.41 Å². The van der Waals surface area contributed by atoms with Crippen LogP contribution in [0.3, 0.4) is 0 Å². The van der Waals surface area contributed by atoms with E-state index in [4.69, 9.17) is 5.73 Å². The number of allylic oxidation sites excluding steroid dienone is 1. The number of anilines is 1. The van der Waals surface area contributed by atoms with Gasteiger partial charge in [0.1, 0.15) is 0 Å². The molecule has 0 spiro atoms. The molecule has 0 bridgehead atoms. The van der Waals surface area contributed by atoms with E-state index in [0.717, 1.165) is 35.2 Å². The Kier molecular flexibility index (Phi) is 4.32. The molecule has 1 unspecified atom stereocenters. The number of rotatable bonds is 2. The van der Waals surface area contributed by atoms with Crippen LogP contribution in [0.4, 0.5) is 5.69 Å². The maximum Gasteiger partial charge on any atom is 0.169 e. The van der Waals surface area contributed by atoms with Crippen LogP contribution in [0, 0.1) is 12.3 Å². The molecule has 1 atom stereocenters. The Morgan fingerprint density at radius 3 is 2.16 bits per heavy atom. The summed E-state index contributed by atoms with van der Waals surface area (Å²) >= 11 is 0. The van der Waals surface area contributed by atoms with Gasteiger partial charge in [-0.05, 0) is 67.0 Å². The lowest BCUT2D eigenvalue weighted by Gasteiger charge is -2.43. The lowest BCUT2D eigenvalue weighted by Crippen LogP contribution is -2.43. The molecule has 2 N–H and O–H groups in total. The van der Waals surface area contributed by atoms with Gasteiger partial charge >= 0.3 is 0 Å². The van der Waals surface area contributed by atoms with E-state index in [1.807, 2.05) is 30.3 Å². The molecule has 2 nitrogen and oxygen atoms in total. The second-order valence-corrected chi connectivity index (χ2v) is 8.38. The van der Waals surface area contributed by atoms with Crippen LogP contribution in [0.2, 0.25) is 0 Å². The predicted octanol–water partition coefficient (Wildman–Crippen LogP) is 5.31. The number of hydrogen-bond acceptors (Lipinski definition) is 2. The second kappa shape index (κ2) is 6.18. The maximum absolute atomic E-state index is 13.4. The van der Waals surface area contributed by atoms with E-state index >= 15 is 0 Å². The van der Waals surface area contributed by atoms with Crippen LogP contribution in [0.25, 0.3) is 6.08 Å². The Balaban J connectivity index is 2.04. The minimum Gasteiger partial charge on any atom is -0.399 e. The molecule has 2 aromatic rings. The summed E-state index contributed by atoms with van der Waals surface area (Å²) in [6.07, 6.45) is 3.70. The summed E-state index contributed by atoms with van der Waals surface area (Å²) in [7, 11) is 0. The Morgan fingerprint density at radius 1 is 0.960 bits per heavy atom. The third kappa shape index (κ3) is 3.53. The zero-order valence-electron chi connectivity index (χ0n) is 15.6. The van der Waals surface area contributed by atoms with Crippen molar-refractivity contribution in [2.75, 3.05) is 5.73 Å². The molecule has 0 radical (unpaired) electrons. The lowest BCUT2D eigenvalue weighted by molar-refractivity contribution is -0.123.